The molecule has 0 atom stereocenters. The molecule has 29 heavy (non-hydrogen) atoms. The van der Waals surface area contributed by atoms with Gasteiger partial charge in [0.05, 0.1) is 5.56 Å². The van der Waals surface area contributed by atoms with E-state index in [1.165, 1.54) is 12.1 Å². The molecule has 4 nitrogen and oxygen atoms in total. The lowest BCUT2D eigenvalue weighted by Gasteiger charge is -2.34. The molecule has 7 heteroatoms. The highest BCUT2D eigenvalue weighted by atomic mass is 19.4. The highest BCUT2D eigenvalue weighted by Gasteiger charge is 2.33. The highest BCUT2D eigenvalue weighted by molar-refractivity contribution is 5.68. The number of carbonyl (C=O) groups is 1. The summed E-state index contributed by atoms with van der Waals surface area (Å²) in [5.41, 5.74) is 0.615. The van der Waals surface area contributed by atoms with Crippen molar-refractivity contribution in [3.05, 3.63) is 29.3 Å². The van der Waals surface area contributed by atoms with Crippen LogP contribution in [0.1, 0.15) is 57.6 Å². The van der Waals surface area contributed by atoms with E-state index in [0.717, 1.165) is 56.4 Å². The van der Waals surface area contributed by atoms with E-state index < -0.39 is 17.3 Å². The van der Waals surface area contributed by atoms with Crippen LogP contribution in [0.25, 0.3) is 0 Å². The van der Waals surface area contributed by atoms with Gasteiger partial charge in [-0.15, -0.1) is 0 Å². The number of piperidine rings is 1. The van der Waals surface area contributed by atoms with Gasteiger partial charge in [0.2, 0.25) is 0 Å². The van der Waals surface area contributed by atoms with Gasteiger partial charge in [0.1, 0.15) is 5.60 Å². The monoisotopic (exact) mass is 412 g/mol. The smallest absolute Gasteiger partial charge is 0.416 e. The Bertz CT molecular complexity index is 714. The van der Waals surface area contributed by atoms with Crippen molar-refractivity contribution >= 4 is 11.8 Å². The van der Waals surface area contributed by atoms with E-state index >= 15 is 0 Å². The molecule has 3 rings (SSSR count). The molecule has 1 aromatic rings. The number of carbonyl (C=O) groups excluding carboxylic acids is 1. The van der Waals surface area contributed by atoms with E-state index in [1.807, 2.05) is 20.8 Å². The van der Waals surface area contributed by atoms with Crippen LogP contribution in [0.2, 0.25) is 0 Å². The minimum Gasteiger partial charge on any atom is -0.444 e. The van der Waals surface area contributed by atoms with Gasteiger partial charge >= 0.3 is 12.3 Å². The van der Waals surface area contributed by atoms with Crippen molar-refractivity contribution in [1.29, 1.82) is 0 Å². The standard InChI is InChI=1S/C22H31F3N2O2/c1-21(2,3)29-20(28)27-12-8-16(9-13-27)14-17-6-7-18(22(23,24)25)15-19(17)26-10-4-5-11-26/h6-7,15-16H,4-5,8-14H2,1-3H3. The molecular formula is C22H31F3N2O2. The van der Waals surface area contributed by atoms with Crippen LogP contribution in [0.4, 0.5) is 23.7 Å². The summed E-state index contributed by atoms with van der Waals surface area (Å²) in [6.07, 6.45) is -0.172. The lowest BCUT2D eigenvalue weighted by molar-refractivity contribution is -0.137. The van der Waals surface area contributed by atoms with Crippen LogP contribution in [0.5, 0.6) is 0 Å². The van der Waals surface area contributed by atoms with Crippen molar-refractivity contribution in [3.63, 3.8) is 0 Å². The zero-order valence-electron chi connectivity index (χ0n) is 17.5. The molecule has 2 aliphatic heterocycles. The lowest BCUT2D eigenvalue weighted by atomic mass is 9.89. The van der Waals surface area contributed by atoms with Crippen molar-refractivity contribution in [2.45, 2.75) is 64.7 Å². The van der Waals surface area contributed by atoms with Crippen LogP contribution in [-0.4, -0.2) is 42.8 Å². The Hall–Kier alpha value is -1.92. The molecule has 0 N–H and O–H groups in total. The average molecular weight is 412 g/mol. The van der Waals surface area contributed by atoms with Crippen molar-refractivity contribution in [2.75, 3.05) is 31.1 Å². The molecule has 162 valence electrons. The maximum atomic E-state index is 13.2. The number of likely N-dealkylation sites (tertiary alicyclic amines) is 1. The maximum absolute atomic E-state index is 13.2. The predicted molar refractivity (Wildman–Crippen MR) is 107 cm³/mol. The zero-order chi connectivity index (χ0) is 21.2. The molecule has 0 aliphatic carbocycles. The summed E-state index contributed by atoms with van der Waals surface area (Å²) in [6.45, 7) is 8.42. The van der Waals surface area contributed by atoms with Gasteiger partial charge < -0.3 is 14.5 Å². The third kappa shape index (κ3) is 5.80. The molecule has 0 saturated carbocycles. The van der Waals surface area contributed by atoms with Gasteiger partial charge in [-0.25, -0.2) is 4.79 Å². The minimum atomic E-state index is -4.33. The Morgan fingerprint density at radius 1 is 1.07 bits per heavy atom. The van der Waals surface area contributed by atoms with E-state index in [9.17, 15) is 18.0 Å². The van der Waals surface area contributed by atoms with Crippen LogP contribution >= 0.6 is 0 Å². The first-order valence-corrected chi connectivity index (χ1v) is 10.5. The number of ether oxygens (including phenoxy) is 1. The molecule has 0 aromatic heterocycles. The third-order valence-electron chi connectivity index (χ3n) is 5.63. The Kier molecular flexibility index (Phi) is 6.34. The fourth-order valence-corrected chi connectivity index (χ4v) is 4.12. The number of hydrogen-bond acceptors (Lipinski definition) is 3. The quantitative estimate of drug-likeness (QED) is 0.658. The van der Waals surface area contributed by atoms with Crippen molar-refractivity contribution in [3.8, 4) is 0 Å². The van der Waals surface area contributed by atoms with E-state index in [-0.39, 0.29) is 6.09 Å². The second-order valence-corrected chi connectivity index (χ2v) is 9.15. The van der Waals surface area contributed by atoms with Gasteiger partial charge in [-0.1, -0.05) is 6.07 Å². The van der Waals surface area contributed by atoms with Gasteiger partial charge in [0.25, 0.3) is 0 Å². The predicted octanol–water partition coefficient (Wildman–Crippen LogP) is 5.50. The second kappa shape index (κ2) is 8.44. The fourth-order valence-electron chi connectivity index (χ4n) is 4.12. The van der Waals surface area contributed by atoms with Crippen molar-refractivity contribution in [2.24, 2.45) is 5.92 Å². The van der Waals surface area contributed by atoms with E-state index in [4.69, 9.17) is 4.74 Å². The van der Waals surface area contributed by atoms with Crippen LogP contribution in [-0.2, 0) is 17.3 Å². The summed E-state index contributed by atoms with van der Waals surface area (Å²) in [4.78, 5) is 16.0. The summed E-state index contributed by atoms with van der Waals surface area (Å²) in [7, 11) is 0. The second-order valence-electron chi connectivity index (χ2n) is 9.15. The topological polar surface area (TPSA) is 32.8 Å². The SMILES string of the molecule is CC(C)(C)OC(=O)N1CCC(Cc2ccc(C(F)(F)F)cc2N2CCCC2)CC1. The van der Waals surface area contributed by atoms with Gasteiger partial charge in [0.15, 0.2) is 0 Å². The van der Waals surface area contributed by atoms with Crippen LogP contribution in [0.3, 0.4) is 0 Å². The van der Waals surface area contributed by atoms with Crippen molar-refractivity contribution < 1.29 is 22.7 Å². The Labute approximate surface area is 171 Å². The number of anilines is 1. The number of benzene rings is 1. The molecular weight excluding hydrogens is 381 g/mol. The summed E-state index contributed by atoms with van der Waals surface area (Å²) in [5, 5.41) is 0. The highest BCUT2D eigenvalue weighted by Crippen LogP contribution is 2.36. The van der Waals surface area contributed by atoms with E-state index in [1.54, 1.807) is 11.0 Å². The number of halogens is 3. The summed E-state index contributed by atoms with van der Waals surface area (Å²) in [6, 6.07) is 4.16. The lowest BCUT2D eigenvalue weighted by Crippen LogP contribution is -2.42. The molecule has 2 fully saturated rings. The van der Waals surface area contributed by atoms with Crippen molar-refractivity contribution in [1.82, 2.24) is 4.90 Å². The summed E-state index contributed by atoms with van der Waals surface area (Å²) >= 11 is 0. The molecule has 1 amide bonds. The molecule has 0 bridgehead atoms. The minimum absolute atomic E-state index is 0.289. The first kappa shape index (κ1) is 21.8. The van der Waals surface area contributed by atoms with Gasteiger partial charge in [-0.2, -0.15) is 13.2 Å². The Balaban J connectivity index is 1.67. The van der Waals surface area contributed by atoms with Gasteiger partial charge in [0, 0.05) is 31.9 Å². The first-order valence-electron chi connectivity index (χ1n) is 10.5. The molecule has 0 radical (unpaired) electrons. The van der Waals surface area contributed by atoms with E-state index in [2.05, 4.69) is 4.90 Å². The first-order chi connectivity index (χ1) is 13.5. The molecule has 2 heterocycles. The molecule has 2 aliphatic rings. The number of nitrogens with zero attached hydrogens (tertiary/aromatic N) is 2. The van der Waals surface area contributed by atoms with Gasteiger partial charge in [-0.3, -0.25) is 0 Å². The Morgan fingerprint density at radius 2 is 1.69 bits per heavy atom. The number of alkyl halides is 3. The number of rotatable bonds is 3. The Morgan fingerprint density at radius 3 is 2.24 bits per heavy atom. The van der Waals surface area contributed by atoms with E-state index in [0.29, 0.717) is 19.0 Å². The molecule has 0 spiro atoms. The van der Waals surface area contributed by atoms with Gasteiger partial charge in [-0.05, 0) is 76.5 Å². The normalized spacial score (nSPS) is 19.0. The fraction of sp³-hybridized carbons (Fsp3) is 0.682. The zero-order valence-corrected chi connectivity index (χ0v) is 17.5. The van der Waals surface area contributed by atoms with Crippen LogP contribution in [0, 0.1) is 5.92 Å². The third-order valence-corrected chi connectivity index (χ3v) is 5.63. The molecule has 2 saturated heterocycles. The number of hydrogen-bond donors (Lipinski definition) is 0. The average Bonchev–Trinajstić information content (AvgIpc) is 3.14. The largest absolute Gasteiger partial charge is 0.444 e. The van der Waals surface area contributed by atoms with Crippen LogP contribution < -0.4 is 4.90 Å². The van der Waals surface area contributed by atoms with Crippen LogP contribution in [0.15, 0.2) is 18.2 Å². The number of amides is 1. The maximum Gasteiger partial charge on any atom is 0.416 e. The molecule has 0 unspecified atom stereocenters. The summed E-state index contributed by atoms with van der Waals surface area (Å²) in [5.74, 6) is 0.353. The summed E-state index contributed by atoms with van der Waals surface area (Å²) < 4.78 is 45.1. The molecule has 1 aromatic carbocycles.